The third-order valence-electron chi connectivity index (χ3n) is 1.58. The second kappa shape index (κ2) is 8.34. The first-order valence-electron chi connectivity index (χ1n) is 4.59. The van der Waals surface area contributed by atoms with Gasteiger partial charge in [-0.1, -0.05) is 5.11 Å². The number of esters is 1. The molecule has 80 valence electrons. The minimum Gasteiger partial charge on any atom is -0.466 e. The topological polar surface area (TPSA) is 101 Å². The first kappa shape index (κ1) is 12.7. The van der Waals surface area contributed by atoms with Gasteiger partial charge in [0.1, 0.15) is 6.54 Å². The van der Waals surface area contributed by atoms with Crippen LogP contribution in [0.3, 0.4) is 0 Å². The van der Waals surface area contributed by atoms with Gasteiger partial charge in [-0.2, -0.15) is 0 Å². The Hall–Kier alpha value is -1.26. The van der Waals surface area contributed by atoms with Crippen LogP contribution in [0.5, 0.6) is 0 Å². The van der Waals surface area contributed by atoms with Crippen molar-refractivity contribution in [2.45, 2.75) is 32.2 Å². The van der Waals surface area contributed by atoms with Crippen LogP contribution < -0.4 is 5.73 Å². The quantitative estimate of drug-likeness (QED) is 0.220. The first-order valence-corrected chi connectivity index (χ1v) is 4.59. The van der Waals surface area contributed by atoms with Crippen LogP contribution in [0.1, 0.15) is 26.2 Å². The van der Waals surface area contributed by atoms with Crippen LogP contribution >= 0.6 is 0 Å². The van der Waals surface area contributed by atoms with Crippen molar-refractivity contribution in [1.29, 1.82) is 0 Å². The molecule has 0 saturated carbocycles. The van der Waals surface area contributed by atoms with Crippen molar-refractivity contribution in [1.82, 2.24) is 0 Å². The second-order valence-electron chi connectivity index (χ2n) is 3.08. The fourth-order valence-electron chi connectivity index (χ4n) is 0.889. The van der Waals surface area contributed by atoms with Gasteiger partial charge in [-0.3, -0.25) is 4.79 Å². The van der Waals surface area contributed by atoms with Gasteiger partial charge in [0.15, 0.2) is 0 Å². The van der Waals surface area contributed by atoms with Gasteiger partial charge in [-0.15, -0.1) is 0 Å². The van der Waals surface area contributed by atoms with Crippen LogP contribution in [0.15, 0.2) is 5.11 Å². The van der Waals surface area contributed by atoms with Crippen molar-refractivity contribution < 1.29 is 9.53 Å². The summed E-state index contributed by atoms with van der Waals surface area (Å²) in [5, 5.41) is 3.08. The van der Waals surface area contributed by atoms with E-state index >= 15 is 0 Å². The number of hydrogen-bond donors (Lipinski definition) is 1. The molecule has 0 spiro atoms. The van der Waals surface area contributed by atoms with Gasteiger partial charge in [0.2, 0.25) is 0 Å². The minimum absolute atomic E-state index is 0.189. The lowest BCUT2D eigenvalue weighted by Gasteiger charge is -2.04. The van der Waals surface area contributed by atoms with Gasteiger partial charge in [0.25, 0.3) is 0 Å². The van der Waals surface area contributed by atoms with E-state index in [1.165, 1.54) is 0 Å². The van der Waals surface area contributed by atoms with E-state index in [9.17, 15) is 4.79 Å². The number of carbonyl (C=O) groups is 1. The molecule has 0 radical (unpaired) electrons. The highest BCUT2D eigenvalue weighted by atomic mass is 16.5. The molecule has 0 amide bonds. The Balaban J connectivity index is 3.27. The SMILES string of the molecule is C[C@@H](N)CCCCOC(=O)CN=[N+]=[N-]. The maximum absolute atomic E-state index is 10.8. The Bertz CT molecular complexity index is 211. The van der Waals surface area contributed by atoms with Crippen LogP contribution in [-0.2, 0) is 9.53 Å². The molecule has 0 rings (SSSR count). The highest BCUT2D eigenvalue weighted by Crippen LogP contribution is 1.98. The Morgan fingerprint density at radius 2 is 2.36 bits per heavy atom. The lowest BCUT2D eigenvalue weighted by molar-refractivity contribution is -0.141. The van der Waals surface area contributed by atoms with Crippen molar-refractivity contribution in [2.75, 3.05) is 13.2 Å². The molecule has 14 heavy (non-hydrogen) atoms. The average molecular weight is 200 g/mol. The van der Waals surface area contributed by atoms with Gasteiger partial charge >= 0.3 is 5.97 Å². The molecule has 0 fully saturated rings. The highest BCUT2D eigenvalue weighted by molar-refractivity contribution is 5.71. The van der Waals surface area contributed by atoms with E-state index in [1.807, 2.05) is 6.92 Å². The summed E-state index contributed by atoms with van der Waals surface area (Å²) in [5.74, 6) is -0.483. The van der Waals surface area contributed by atoms with Crippen molar-refractivity contribution in [3.63, 3.8) is 0 Å². The zero-order valence-corrected chi connectivity index (χ0v) is 8.35. The molecule has 1 atom stereocenters. The van der Waals surface area contributed by atoms with E-state index in [2.05, 4.69) is 10.0 Å². The predicted octanol–water partition coefficient (Wildman–Crippen LogP) is 1.36. The second-order valence-corrected chi connectivity index (χ2v) is 3.08. The Kier molecular flexibility index (Phi) is 7.59. The fraction of sp³-hybridized carbons (Fsp3) is 0.875. The molecule has 0 saturated heterocycles. The van der Waals surface area contributed by atoms with E-state index in [1.54, 1.807) is 0 Å². The number of nitrogens with two attached hydrogens (primary N) is 1. The Morgan fingerprint density at radius 3 is 2.93 bits per heavy atom. The summed E-state index contributed by atoms with van der Waals surface area (Å²) in [7, 11) is 0. The van der Waals surface area contributed by atoms with E-state index in [0.29, 0.717) is 6.61 Å². The summed E-state index contributed by atoms with van der Waals surface area (Å²) in [6.45, 7) is 2.07. The summed E-state index contributed by atoms with van der Waals surface area (Å²) in [4.78, 5) is 13.2. The van der Waals surface area contributed by atoms with Crippen LogP contribution in [-0.4, -0.2) is 25.2 Å². The smallest absolute Gasteiger partial charge is 0.311 e. The number of rotatable bonds is 7. The van der Waals surface area contributed by atoms with E-state index in [0.717, 1.165) is 19.3 Å². The summed E-state index contributed by atoms with van der Waals surface area (Å²) in [5.41, 5.74) is 13.5. The zero-order valence-electron chi connectivity index (χ0n) is 8.35. The monoisotopic (exact) mass is 200 g/mol. The molecule has 0 aromatic carbocycles. The molecule has 6 heteroatoms. The van der Waals surface area contributed by atoms with Gasteiger partial charge in [-0.25, -0.2) is 0 Å². The largest absolute Gasteiger partial charge is 0.466 e. The third-order valence-corrected chi connectivity index (χ3v) is 1.58. The molecular formula is C8H16N4O2. The van der Waals surface area contributed by atoms with E-state index in [4.69, 9.17) is 16.0 Å². The molecule has 0 aliphatic carbocycles. The molecule has 2 N–H and O–H groups in total. The van der Waals surface area contributed by atoms with Crippen LogP contribution in [0.4, 0.5) is 0 Å². The number of hydrogen-bond acceptors (Lipinski definition) is 4. The molecule has 0 aromatic heterocycles. The molecule has 0 heterocycles. The molecule has 6 nitrogen and oxygen atoms in total. The zero-order chi connectivity index (χ0) is 10.8. The molecule has 0 bridgehead atoms. The fourth-order valence-corrected chi connectivity index (χ4v) is 0.889. The maximum Gasteiger partial charge on any atom is 0.311 e. The Morgan fingerprint density at radius 1 is 1.64 bits per heavy atom. The lowest BCUT2D eigenvalue weighted by Crippen LogP contribution is -2.15. The highest BCUT2D eigenvalue weighted by Gasteiger charge is 2.00. The Labute approximate surface area is 83.0 Å². The third kappa shape index (κ3) is 8.83. The molecule has 0 aliphatic rings. The van der Waals surface area contributed by atoms with Crippen LogP contribution in [0.2, 0.25) is 0 Å². The predicted molar refractivity (Wildman–Crippen MR) is 52.5 cm³/mol. The molecular weight excluding hydrogens is 184 g/mol. The lowest BCUT2D eigenvalue weighted by atomic mass is 10.1. The van der Waals surface area contributed by atoms with Crippen molar-refractivity contribution in [2.24, 2.45) is 10.8 Å². The standard InChI is InChI=1S/C8H16N4O2/c1-7(9)4-2-3-5-14-8(13)6-11-12-10/h7H,2-6,9H2,1H3/t7-/m1/s1. The van der Waals surface area contributed by atoms with Gasteiger partial charge in [0, 0.05) is 11.0 Å². The van der Waals surface area contributed by atoms with Gasteiger partial charge in [-0.05, 0) is 31.7 Å². The van der Waals surface area contributed by atoms with E-state index < -0.39 is 5.97 Å². The minimum atomic E-state index is -0.483. The van der Waals surface area contributed by atoms with E-state index in [-0.39, 0.29) is 12.6 Å². The number of azide groups is 1. The normalized spacial score (nSPS) is 11.6. The molecule has 0 unspecified atom stereocenters. The summed E-state index contributed by atoms with van der Waals surface area (Å²) in [6, 6.07) is 0.189. The number of unbranched alkanes of at least 4 members (excludes halogenated alkanes) is 1. The van der Waals surface area contributed by atoms with Gasteiger partial charge < -0.3 is 10.5 Å². The van der Waals surface area contributed by atoms with Gasteiger partial charge in [0.05, 0.1) is 6.61 Å². The first-order chi connectivity index (χ1) is 6.66. The molecule has 0 aromatic rings. The summed E-state index contributed by atoms with van der Waals surface area (Å²) < 4.78 is 4.78. The van der Waals surface area contributed by atoms with Crippen molar-refractivity contribution in [3.8, 4) is 0 Å². The van der Waals surface area contributed by atoms with Crippen molar-refractivity contribution in [3.05, 3.63) is 10.4 Å². The average Bonchev–Trinajstić information content (AvgIpc) is 2.13. The maximum atomic E-state index is 10.8. The summed E-state index contributed by atoms with van der Waals surface area (Å²) in [6.07, 6.45) is 2.66. The number of carbonyl (C=O) groups excluding carboxylic acids is 1. The molecule has 0 aliphatic heterocycles. The number of ether oxygens (including phenoxy) is 1. The summed E-state index contributed by atoms with van der Waals surface area (Å²) >= 11 is 0. The number of nitrogens with zero attached hydrogens (tertiary/aromatic N) is 3. The van der Waals surface area contributed by atoms with Crippen LogP contribution in [0, 0.1) is 0 Å². The van der Waals surface area contributed by atoms with Crippen molar-refractivity contribution >= 4 is 5.97 Å². The van der Waals surface area contributed by atoms with Crippen LogP contribution in [0.25, 0.3) is 10.4 Å².